The monoisotopic (exact) mass is 391 g/mol. The highest BCUT2D eigenvalue weighted by molar-refractivity contribution is 6.34. The first-order chi connectivity index (χ1) is 13.0. The second-order valence-corrected chi connectivity index (χ2v) is 6.00. The van der Waals surface area contributed by atoms with Gasteiger partial charge in [-0.25, -0.2) is 4.79 Å². The van der Waals surface area contributed by atoms with Gasteiger partial charge in [0.25, 0.3) is 0 Å². The molecule has 0 radical (unpaired) electrons. The van der Waals surface area contributed by atoms with Gasteiger partial charge in [0.1, 0.15) is 11.5 Å². The molecule has 6 nitrogen and oxygen atoms in total. The molecule has 2 aromatic carbocycles. The first kappa shape index (κ1) is 20.6. The summed E-state index contributed by atoms with van der Waals surface area (Å²) >= 11 is 6.13. The summed E-state index contributed by atoms with van der Waals surface area (Å²) in [6.45, 7) is 2.43. The van der Waals surface area contributed by atoms with E-state index < -0.39 is 5.97 Å². The van der Waals surface area contributed by atoms with Crippen LogP contribution in [0.5, 0.6) is 11.5 Å². The molecule has 2 aromatic rings. The molecule has 0 unspecified atom stereocenters. The number of methoxy groups -OCH3 is 1. The van der Waals surface area contributed by atoms with E-state index in [9.17, 15) is 9.59 Å². The molecule has 144 valence electrons. The van der Waals surface area contributed by atoms with Gasteiger partial charge >= 0.3 is 5.97 Å². The molecule has 0 fully saturated rings. The number of amides is 1. The molecule has 0 spiro atoms. The molecule has 1 amide bonds. The Hall–Kier alpha value is -2.73. The normalized spacial score (nSPS) is 10.2. The summed E-state index contributed by atoms with van der Waals surface area (Å²) in [5.41, 5.74) is 0.790. The van der Waals surface area contributed by atoms with Crippen molar-refractivity contribution in [1.82, 2.24) is 0 Å². The van der Waals surface area contributed by atoms with Crippen molar-refractivity contribution in [1.29, 1.82) is 0 Å². The van der Waals surface area contributed by atoms with Crippen molar-refractivity contribution in [2.75, 3.05) is 25.6 Å². The molecule has 0 aliphatic rings. The quantitative estimate of drug-likeness (QED) is 0.509. The van der Waals surface area contributed by atoms with Crippen molar-refractivity contribution in [2.45, 2.75) is 19.8 Å². The summed E-state index contributed by atoms with van der Waals surface area (Å²) in [6.07, 6.45) is 0.836. The van der Waals surface area contributed by atoms with Gasteiger partial charge in [-0.05, 0) is 55.8 Å². The van der Waals surface area contributed by atoms with Crippen molar-refractivity contribution < 1.29 is 23.8 Å². The third-order valence-electron chi connectivity index (χ3n) is 3.63. The van der Waals surface area contributed by atoms with E-state index >= 15 is 0 Å². The lowest BCUT2D eigenvalue weighted by Crippen LogP contribution is -2.13. The Morgan fingerprint density at radius 1 is 1.07 bits per heavy atom. The predicted octanol–water partition coefficient (Wildman–Crippen LogP) is 4.32. The number of ether oxygens (including phenoxy) is 3. The van der Waals surface area contributed by atoms with Gasteiger partial charge in [0.15, 0.2) is 0 Å². The summed E-state index contributed by atoms with van der Waals surface area (Å²) in [5, 5.41) is 3.01. The van der Waals surface area contributed by atoms with Crippen LogP contribution in [0.3, 0.4) is 0 Å². The highest BCUT2D eigenvalue weighted by atomic mass is 35.5. The fourth-order valence-electron chi connectivity index (χ4n) is 2.27. The van der Waals surface area contributed by atoms with E-state index in [-0.39, 0.29) is 24.0 Å². The van der Waals surface area contributed by atoms with Crippen LogP contribution in [0.15, 0.2) is 42.5 Å². The minimum atomic E-state index is -0.451. The van der Waals surface area contributed by atoms with Crippen molar-refractivity contribution >= 4 is 29.2 Å². The Bertz CT molecular complexity index is 776. The van der Waals surface area contributed by atoms with Crippen molar-refractivity contribution in [2.24, 2.45) is 0 Å². The molecule has 0 bridgehead atoms. The number of benzene rings is 2. The summed E-state index contributed by atoms with van der Waals surface area (Å²) in [7, 11) is 1.60. The number of esters is 1. The largest absolute Gasteiger partial charge is 0.497 e. The first-order valence-corrected chi connectivity index (χ1v) is 8.94. The number of anilines is 1. The van der Waals surface area contributed by atoms with E-state index in [0.29, 0.717) is 30.0 Å². The van der Waals surface area contributed by atoms with Crippen LogP contribution in [0.2, 0.25) is 5.02 Å². The maximum Gasteiger partial charge on any atom is 0.338 e. The molecule has 7 heteroatoms. The molecular formula is C20H22ClNO5. The molecule has 1 N–H and O–H groups in total. The lowest BCUT2D eigenvalue weighted by Gasteiger charge is -2.10. The SMILES string of the molecule is CCOC(=O)c1ccc(NC(=O)CCCOc2ccc(OC)cc2)c(Cl)c1. The third-order valence-corrected chi connectivity index (χ3v) is 3.94. The lowest BCUT2D eigenvalue weighted by molar-refractivity contribution is -0.116. The second kappa shape index (κ2) is 10.4. The van der Waals surface area contributed by atoms with Crippen molar-refractivity contribution in [3.8, 4) is 11.5 Å². The smallest absolute Gasteiger partial charge is 0.338 e. The summed E-state index contributed by atoms with van der Waals surface area (Å²) < 4.78 is 15.6. The fourth-order valence-corrected chi connectivity index (χ4v) is 2.49. The summed E-state index contributed by atoms with van der Waals surface area (Å²) in [5.74, 6) is 0.841. The van der Waals surface area contributed by atoms with E-state index in [1.807, 2.05) is 24.3 Å². The molecular weight excluding hydrogens is 370 g/mol. The molecule has 0 atom stereocenters. The van der Waals surface area contributed by atoms with E-state index in [1.54, 1.807) is 26.2 Å². The van der Waals surface area contributed by atoms with Crippen molar-refractivity contribution in [3.05, 3.63) is 53.1 Å². The highest BCUT2D eigenvalue weighted by Gasteiger charge is 2.11. The number of hydrogen-bond donors (Lipinski definition) is 1. The molecule has 0 aromatic heterocycles. The molecule has 0 saturated carbocycles. The third kappa shape index (κ3) is 6.49. The second-order valence-electron chi connectivity index (χ2n) is 5.59. The first-order valence-electron chi connectivity index (χ1n) is 8.57. The van der Waals surface area contributed by atoms with Gasteiger partial charge in [0.05, 0.1) is 36.6 Å². The molecule has 0 heterocycles. The van der Waals surface area contributed by atoms with Crippen LogP contribution in [0.4, 0.5) is 5.69 Å². The Kier molecular flexibility index (Phi) is 7.95. The van der Waals surface area contributed by atoms with Gasteiger partial charge < -0.3 is 19.5 Å². The van der Waals surface area contributed by atoms with Crippen LogP contribution in [0.1, 0.15) is 30.1 Å². The molecule has 0 aliphatic heterocycles. The lowest BCUT2D eigenvalue weighted by atomic mass is 10.2. The maximum absolute atomic E-state index is 12.0. The van der Waals surface area contributed by atoms with E-state index in [4.69, 9.17) is 25.8 Å². The van der Waals surface area contributed by atoms with E-state index in [2.05, 4.69) is 5.32 Å². The van der Waals surface area contributed by atoms with Crippen LogP contribution >= 0.6 is 11.6 Å². The fraction of sp³-hybridized carbons (Fsp3) is 0.300. The van der Waals surface area contributed by atoms with Crippen LogP contribution < -0.4 is 14.8 Å². The average Bonchev–Trinajstić information content (AvgIpc) is 2.67. The van der Waals surface area contributed by atoms with Gasteiger partial charge in [0.2, 0.25) is 5.91 Å². The zero-order chi connectivity index (χ0) is 19.6. The number of carbonyl (C=O) groups is 2. The number of hydrogen-bond acceptors (Lipinski definition) is 5. The Balaban J connectivity index is 1.77. The number of rotatable bonds is 9. The highest BCUT2D eigenvalue weighted by Crippen LogP contribution is 2.24. The number of carbonyl (C=O) groups excluding carboxylic acids is 2. The molecule has 27 heavy (non-hydrogen) atoms. The number of nitrogens with one attached hydrogen (secondary N) is 1. The topological polar surface area (TPSA) is 73.9 Å². The Morgan fingerprint density at radius 3 is 2.41 bits per heavy atom. The molecule has 0 aliphatic carbocycles. The van der Waals surface area contributed by atoms with Gasteiger partial charge in [-0.15, -0.1) is 0 Å². The zero-order valence-corrected chi connectivity index (χ0v) is 16.0. The minimum Gasteiger partial charge on any atom is -0.497 e. The van der Waals surface area contributed by atoms with Crippen LogP contribution in [-0.4, -0.2) is 32.2 Å². The van der Waals surface area contributed by atoms with Crippen LogP contribution in [-0.2, 0) is 9.53 Å². The Labute approximate surface area is 163 Å². The van der Waals surface area contributed by atoms with E-state index in [0.717, 1.165) is 5.75 Å². The van der Waals surface area contributed by atoms with Gasteiger partial charge in [-0.3, -0.25) is 4.79 Å². The number of halogens is 1. The summed E-state index contributed by atoms with van der Waals surface area (Å²) in [4.78, 5) is 23.7. The van der Waals surface area contributed by atoms with Gasteiger partial charge in [-0.2, -0.15) is 0 Å². The standard InChI is InChI=1S/C20H22ClNO5/c1-3-26-20(24)14-6-11-18(17(21)13-14)22-19(23)5-4-12-27-16-9-7-15(25-2)8-10-16/h6-11,13H,3-5,12H2,1-2H3,(H,22,23). The van der Waals surface area contributed by atoms with Gasteiger partial charge in [0, 0.05) is 6.42 Å². The van der Waals surface area contributed by atoms with Gasteiger partial charge in [-0.1, -0.05) is 11.6 Å². The summed E-state index contributed by atoms with van der Waals surface area (Å²) in [6, 6.07) is 11.9. The predicted molar refractivity (Wildman–Crippen MR) is 104 cm³/mol. The maximum atomic E-state index is 12.0. The molecule has 2 rings (SSSR count). The molecule has 0 saturated heterocycles. The zero-order valence-electron chi connectivity index (χ0n) is 15.3. The Morgan fingerprint density at radius 2 is 1.78 bits per heavy atom. The van der Waals surface area contributed by atoms with E-state index in [1.165, 1.54) is 6.07 Å². The van der Waals surface area contributed by atoms with Crippen LogP contribution in [0.25, 0.3) is 0 Å². The average molecular weight is 392 g/mol. The van der Waals surface area contributed by atoms with Crippen molar-refractivity contribution in [3.63, 3.8) is 0 Å². The van der Waals surface area contributed by atoms with Crippen LogP contribution in [0, 0.1) is 0 Å². The minimum absolute atomic E-state index is 0.181.